The number of hydrogen-bond acceptors (Lipinski definition) is 1. The van der Waals surface area contributed by atoms with Gasteiger partial charge in [-0.15, -0.1) is 0 Å². The van der Waals surface area contributed by atoms with Gasteiger partial charge in [0.1, 0.15) is 6.07 Å². The molecule has 0 unspecified atom stereocenters. The Morgan fingerprint density at radius 2 is 2.00 bits per heavy atom. The summed E-state index contributed by atoms with van der Waals surface area (Å²) in [6.07, 6.45) is 10.3. The van der Waals surface area contributed by atoms with Crippen LogP contribution in [0, 0.1) is 11.3 Å². The summed E-state index contributed by atoms with van der Waals surface area (Å²) in [4.78, 5) is 3.02. The molecule has 1 aromatic heterocycles. The normalized spacial score (nSPS) is 18.4. The van der Waals surface area contributed by atoms with E-state index in [1.54, 1.807) is 0 Å². The topological polar surface area (TPSA) is 39.6 Å². The summed E-state index contributed by atoms with van der Waals surface area (Å²) in [7, 11) is 0. The highest BCUT2D eigenvalue weighted by molar-refractivity contribution is 5.37. The molecule has 0 atom stereocenters. The Morgan fingerprint density at radius 3 is 2.69 bits per heavy atom. The molecule has 1 aromatic rings. The quantitative estimate of drug-likeness (QED) is 0.698. The lowest BCUT2D eigenvalue weighted by molar-refractivity contribution is 0.443. The molecule has 0 bridgehead atoms. The molecule has 0 amide bonds. The van der Waals surface area contributed by atoms with Gasteiger partial charge in [0.2, 0.25) is 0 Å². The molecule has 1 fully saturated rings. The molecular formula is C11H14N2. The van der Waals surface area contributed by atoms with Gasteiger partial charge in [0, 0.05) is 12.4 Å². The lowest BCUT2D eigenvalue weighted by Crippen LogP contribution is -2.04. The predicted octanol–water partition coefficient (Wildman–Crippen LogP) is 2.93. The average molecular weight is 174 g/mol. The molecule has 2 heteroatoms. The van der Waals surface area contributed by atoms with E-state index in [1.165, 1.54) is 37.7 Å². The van der Waals surface area contributed by atoms with Crippen molar-refractivity contribution in [2.75, 3.05) is 0 Å². The number of aromatic amines is 1. The Morgan fingerprint density at radius 1 is 1.23 bits per heavy atom. The minimum Gasteiger partial charge on any atom is -0.366 e. The molecule has 0 aromatic carbocycles. The minimum atomic E-state index is 0.634. The van der Waals surface area contributed by atoms with E-state index in [2.05, 4.69) is 11.1 Å². The van der Waals surface area contributed by atoms with Gasteiger partial charge in [-0.3, -0.25) is 0 Å². The molecule has 0 saturated heterocycles. The maximum absolute atomic E-state index is 8.87. The van der Waals surface area contributed by atoms with Crippen LogP contribution in [0.2, 0.25) is 0 Å². The van der Waals surface area contributed by atoms with Gasteiger partial charge in [-0.25, -0.2) is 0 Å². The molecule has 13 heavy (non-hydrogen) atoms. The first kappa shape index (κ1) is 8.37. The van der Waals surface area contributed by atoms with Crippen molar-refractivity contribution in [1.82, 2.24) is 4.98 Å². The molecule has 1 aliphatic carbocycles. The third-order valence-corrected chi connectivity index (χ3v) is 2.94. The van der Waals surface area contributed by atoms with Crippen LogP contribution in [0.25, 0.3) is 0 Å². The first-order valence-electron chi connectivity index (χ1n) is 4.98. The summed E-state index contributed by atoms with van der Waals surface area (Å²) in [6.45, 7) is 0. The number of hydrogen-bond donors (Lipinski definition) is 1. The van der Waals surface area contributed by atoms with Crippen molar-refractivity contribution >= 4 is 0 Å². The van der Waals surface area contributed by atoms with Crippen LogP contribution in [0.1, 0.15) is 49.1 Å². The Bertz CT molecular complexity index is 313. The smallest absolute Gasteiger partial charge is 0.101 e. The number of rotatable bonds is 1. The summed E-state index contributed by atoms with van der Waals surface area (Å²) in [5.74, 6) is 0.634. The average Bonchev–Trinajstić information content (AvgIpc) is 2.67. The summed E-state index contributed by atoms with van der Waals surface area (Å²) in [6, 6.07) is 2.24. The van der Waals surface area contributed by atoms with Gasteiger partial charge in [0.05, 0.1) is 5.56 Å². The van der Waals surface area contributed by atoms with Crippen molar-refractivity contribution in [2.45, 2.75) is 38.0 Å². The van der Waals surface area contributed by atoms with Gasteiger partial charge >= 0.3 is 0 Å². The van der Waals surface area contributed by atoms with Gasteiger partial charge in [0.15, 0.2) is 0 Å². The van der Waals surface area contributed by atoms with Gasteiger partial charge in [-0.1, -0.05) is 19.3 Å². The largest absolute Gasteiger partial charge is 0.366 e. The van der Waals surface area contributed by atoms with Crippen LogP contribution in [-0.2, 0) is 0 Å². The molecule has 0 aliphatic heterocycles. The van der Waals surface area contributed by atoms with Crippen molar-refractivity contribution in [3.63, 3.8) is 0 Å². The summed E-state index contributed by atoms with van der Waals surface area (Å²) in [5.41, 5.74) is 2.08. The fourth-order valence-electron chi connectivity index (χ4n) is 2.22. The van der Waals surface area contributed by atoms with Crippen molar-refractivity contribution in [1.29, 1.82) is 5.26 Å². The van der Waals surface area contributed by atoms with Crippen LogP contribution in [-0.4, -0.2) is 4.98 Å². The molecule has 1 saturated carbocycles. The molecular weight excluding hydrogens is 160 g/mol. The van der Waals surface area contributed by atoms with Crippen molar-refractivity contribution in [3.8, 4) is 6.07 Å². The summed E-state index contributed by atoms with van der Waals surface area (Å²) >= 11 is 0. The molecule has 0 radical (unpaired) electrons. The van der Waals surface area contributed by atoms with Gasteiger partial charge < -0.3 is 4.98 Å². The van der Waals surface area contributed by atoms with Crippen molar-refractivity contribution in [3.05, 3.63) is 23.5 Å². The number of nitrogens with zero attached hydrogens (tertiary/aromatic N) is 1. The van der Waals surface area contributed by atoms with E-state index in [4.69, 9.17) is 5.26 Å². The van der Waals surface area contributed by atoms with E-state index >= 15 is 0 Å². The lowest BCUT2D eigenvalue weighted by Gasteiger charge is -2.20. The second-order valence-corrected chi connectivity index (χ2v) is 3.77. The van der Waals surface area contributed by atoms with Crippen LogP contribution >= 0.6 is 0 Å². The minimum absolute atomic E-state index is 0.634. The van der Waals surface area contributed by atoms with Gasteiger partial charge in [-0.05, 0) is 24.3 Å². The van der Waals surface area contributed by atoms with Crippen LogP contribution in [0.3, 0.4) is 0 Å². The monoisotopic (exact) mass is 174 g/mol. The van der Waals surface area contributed by atoms with E-state index in [1.807, 2.05) is 12.4 Å². The number of aromatic nitrogens is 1. The highest BCUT2D eigenvalue weighted by atomic mass is 14.6. The van der Waals surface area contributed by atoms with E-state index in [9.17, 15) is 0 Å². The fourth-order valence-corrected chi connectivity index (χ4v) is 2.22. The molecule has 1 aliphatic rings. The third-order valence-electron chi connectivity index (χ3n) is 2.94. The number of nitrogens with one attached hydrogen (secondary N) is 1. The van der Waals surface area contributed by atoms with Gasteiger partial charge in [-0.2, -0.15) is 5.26 Å². The summed E-state index contributed by atoms with van der Waals surface area (Å²) in [5, 5.41) is 8.87. The first-order valence-corrected chi connectivity index (χ1v) is 4.98. The van der Waals surface area contributed by atoms with Crippen molar-refractivity contribution < 1.29 is 0 Å². The highest BCUT2D eigenvalue weighted by Gasteiger charge is 2.18. The van der Waals surface area contributed by atoms with E-state index in [0.29, 0.717) is 5.92 Å². The van der Waals surface area contributed by atoms with Crippen LogP contribution in [0.4, 0.5) is 0 Å². The first-order chi connectivity index (χ1) is 6.42. The summed E-state index contributed by atoms with van der Waals surface area (Å²) < 4.78 is 0. The molecule has 1 heterocycles. The van der Waals surface area contributed by atoms with Gasteiger partial charge in [0.25, 0.3) is 0 Å². The molecule has 2 rings (SSSR count). The highest BCUT2D eigenvalue weighted by Crippen LogP contribution is 2.33. The molecule has 68 valence electrons. The molecule has 2 nitrogen and oxygen atoms in total. The van der Waals surface area contributed by atoms with Crippen LogP contribution in [0.5, 0.6) is 0 Å². The van der Waals surface area contributed by atoms with E-state index in [-0.39, 0.29) is 0 Å². The zero-order valence-electron chi connectivity index (χ0n) is 7.71. The maximum atomic E-state index is 8.87. The van der Waals surface area contributed by atoms with E-state index < -0.39 is 0 Å². The zero-order chi connectivity index (χ0) is 9.10. The maximum Gasteiger partial charge on any atom is 0.101 e. The number of nitriles is 1. The van der Waals surface area contributed by atoms with Crippen molar-refractivity contribution in [2.24, 2.45) is 0 Å². The second kappa shape index (κ2) is 3.66. The SMILES string of the molecule is N#Cc1c[nH]cc1C1CCCCC1. The Kier molecular flexibility index (Phi) is 2.35. The number of H-pyrrole nitrogens is 1. The Hall–Kier alpha value is -1.23. The fraction of sp³-hybridized carbons (Fsp3) is 0.545. The van der Waals surface area contributed by atoms with E-state index in [0.717, 1.165) is 5.56 Å². The lowest BCUT2D eigenvalue weighted by atomic mass is 9.84. The third kappa shape index (κ3) is 1.60. The Balaban J connectivity index is 2.19. The zero-order valence-corrected chi connectivity index (χ0v) is 7.71. The second-order valence-electron chi connectivity index (χ2n) is 3.77. The Labute approximate surface area is 78.6 Å². The molecule has 1 N–H and O–H groups in total. The predicted molar refractivity (Wildman–Crippen MR) is 51.3 cm³/mol. The van der Waals surface area contributed by atoms with Crippen LogP contribution in [0.15, 0.2) is 12.4 Å². The van der Waals surface area contributed by atoms with Crippen LogP contribution < -0.4 is 0 Å². The molecule has 0 spiro atoms. The standard InChI is InChI=1S/C11H14N2/c12-6-10-7-13-8-11(10)9-4-2-1-3-5-9/h7-9,13H,1-5H2.